The molecular formula is C21H25ClN2S. The predicted molar refractivity (Wildman–Crippen MR) is 110 cm³/mol. The summed E-state index contributed by atoms with van der Waals surface area (Å²) < 4.78 is 2.60. The third-order valence-electron chi connectivity index (χ3n) is 5.11. The number of benzene rings is 2. The third kappa shape index (κ3) is 3.59. The normalized spacial score (nSPS) is 16.1. The van der Waals surface area contributed by atoms with Crippen LogP contribution in [0.3, 0.4) is 0 Å². The van der Waals surface area contributed by atoms with Gasteiger partial charge in [0.1, 0.15) is 0 Å². The highest BCUT2D eigenvalue weighted by molar-refractivity contribution is 7.99. The molecule has 0 N–H and O–H groups in total. The molecule has 0 bridgehead atoms. The maximum atomic E-state index is 2.60. The molecule has 1 saturated heterocycles. The molecule has 4 heteroatoms. The second kappa shape index (κ2) is 7.86. The van der Waals surface area contributed by atoms with Gasteiger partial charge >= 0.3 is 0 Å². The molecule has 0 radical (unpaired) electrons. The molecule has 4 rings (SSSR count). The molecule has 3 aromatic rings. The van der Waals surface area contributed by atoms with Crippen LogP contribution in [0.1, 0.15) is 24.6 Å². The lowest BCUT2D eigenvalue weighted by Gasteiger charge is -2.31. The number of rotatable bonds is 3. The van der Waals surface area contributed by atoms with Crippen molar-refractivity contribution in [2.24, 2.45) is 0 Å². The Bertz CT molecular complexity index is 836. The SMILES string of the molecule is Cc1c(Sc2ccccc2)c2ccccc2n1C1CCN(C)CC1.Cl. The van der Waals surface area contributed by atoms with Crippen LogP contribution in [-0.2, 0) is 0 Å². The van der Waals surface area contributed by atoms with Gasteiger partial charge in [0, 0.05) is 32.4 Å². The van der Waals surface area contributed by atoms with Crippen LogP contribution in [0.2, 0.25) is 0 Å². The molecule has 2 nitrogen and oxygen atoms in total. The molecule has 0 unspecified atom stereocenters. The van der Waals surface area contributed by atoms with Crippen LogP contribution < -0.4 is 0 Å². The molecule has 1 aliphatic heterocycles. The minimum Gasteiger partial charge on any atom is -0.341 e. The van der Waals surface area contributed by atoms with Crippen molar-refractivity contribution >= 4 is 35.1 Å². The molecule has 0 amide bonds. The van der Waals surface area contributed by atoms with Crippen molar-refractivity contribution in [3.63, 3.8) is 0 Å². The molecule has 132 valence electrons. The van der Waals surface area contributed by atoms with E-state index in [-0.39, 0.29) is 12.4 Å². The van der Waals surface area contributed by atoms with Gasteiger partial charge in [-0.3, -0.25) is 0 Å². The fourth-order valence-corrected chi connectivity index (χ4v) is 4.88. The number of hydrogen-bond acceptors (Lipinski definition) is 2. The van der Waals surface area contributed by atoms with Crippen LogP contribution in [0.15, 0.2) is 64.4 Å². The average molecular weight is 373 g/mol. The van der Waals surface area contributed by atoms with E-state index in [2.05, 4.69) is 78.0 Å². The van der Waals surface area contributed by atoms with E-state index >= 15 is 0 Å². The Morgan fingerprint density at radius 3 is 2.28 bits per heavy atom. The van der Waals surface area contributed by atoms with Crippen molar-refractivity contribution in [1.82, 2.24) is 9.47 Å². The highest BCUT2D eigenvalue weighted by atomic mass is 35.5. The van der Waals surface area contributed by atoms with Crippen molar-refractivity contribution in [3.05, 3.63) is 60.3 Å². The first-order valence-electron chi connectivity index (χ1n) is 8.75. The van der Waals surface area contributed by atoms with Gasteiger partial charge in [0.2, 0.25) is 0 Å². The second-order valence-electron chi connectivity index (χ2n) is 6.75. The zero-order chi connectivity index (χ0) is 16.5. The molecule has 0 spiro atoms. The molecular weight excluding hydrogens is 348 g/mol. The average Bonchev–Trinajstić information content (AvgIpc) is 2.89. The van der Waals surface area contributed by atoms with Crippen LogP contribution >= 0.6 is 24.2 Å². The van der Waals surface area contributed by atoms with Gasteiger partial charge in [0.05, 0.1) is 0 Å². The fourth-order valence-electron chi connectivity index (χ4n) is 3.82. The van der Waals surface area contributed by atoms with Crippen LogP contribution in [0.25, 0.3) is 10.9 Å². The number of hydrogen-bond donors (Lipinski definition) is 0. The van der Waals surface area contributed by atoms with Crippen LogP contribution in [0.5, 0.6) is 0 Å². The zero-order valence-electron chi connectivity index (χ0n) is 14.8. The van der Waals surface area contributed by atoms with Crippen LogP contribution in [0.4, 0.5) is 0 Å². The predicted octanol–water partition coefficient (Wildman–Crippen LogP) is 5.79. The quantitative estimate of drug-likeness (QED) is 0.575. The smallest absolute Gasteiger partial charge is 0.0496 e. The lowest BCUT2D eigenvalue weighted by atomic mass is 10.0. The zero-order valence-corrected chi connectivity index (χ0v) is 16.4. The number of halogens is 1. The Balaban J connectivity index is 0.00000182. The molecule has 2 heterocycles. The minimum atomic E-state index is 0. The Morgan fingerprint density at radius 2 is 1.56 bits per heavy atom. The number of piperidine rings is 1. The Labute approximate surface area is 160 Å². The van der Waals surface area contributed by atoms with E-state index in [0.29, 0.717) is 6.04 Å². The molecule has 0 saturated carbocycles. The molecule has 1 aromatic heterocycles. The topological polar surface area (TPSA) is 8.17 Å². The Morgan fingerprint density at radius 1 is 0.920 bits per heavy atom. The second-order valence-corrected chi connectivity index (χ2v) is 7.84. The monoisotopic (exact) mass is 372 g/mol. The van der Waals surface area contributed by atoms with Crippen molar-refractivity contribution in [2.45, 2.75) is 35.6 Å². The number of likely N-dealkylation sites (tertiary alicyclic amines) is 1. The Hall–Kier alpha value is -1.42. The molecule has 1 aliphatic rings. The first kappa shape index (κ1) is 18.4. The lowest BCUT2D eigenvalue weighted by molar-refractivity contribution is 0.222. The van der Waals surface area contributed by atoms with E-state index in [1.807, 2.05) is 11.8 Å². The highest BCUT2D eigenvalue weighted by Crippen LogP contribution is 2.41. The number of aromatic nitrogens is 1. The summed E-state index contributed by atoms with van der Waals surface area (Å²) in [6, 6.07) is 20.2. The van der Waals surface area contributed by atoms with E-state index in [0.717, 1.165) is 0 Å². The maximum absolute atomic E-state index is 2.60. The van der Waals surface area contributed by atoms with Crippen molar-refractivity contribution in [2.75, 3.05) is 20.1 Å². The van der Waals surface area contributed by atoms with E-state index in [1.54, 1.807) is 0 Å². The maximum Gasteiger partial charge on any atom is 0.0496 e. The van der Waals surface area contributed by atoms with E-state index < -0.39 is 0 Å². The van der Waals surface area contributed by atoms with Gasteiger partial charge in [-0.25, -0.2) is 0 Å². The van der Waals surface area contributed by atoms with Gasteiger partial charge in [-0.05, 0) is 58.1 Å². The van der Waals surface area contributed by atoms with Gasteiger partial charge in [-0.1, -0.05) is 48.2 Å². The molecule has 1 fully saturated rings. The first-order chi connectivity index (χ1) is 11.7. The van der Waals surface area contributed by atoms with Gasteiger partial charge in [-0.2, -0.15) is 0 Å². The lowest BCUT2D eigenvalue weighted by Crippen LogP contribution is -2.31. The summed E-state index contributed by atoms with van der Waals surface area (Å²) in [7, 11) is 2.23. The third-order valence-corrected chi connectivity index (χ3v) is 6.34. The van der Waals surface area contributed by atoms with Crippen molar-refractivity contribution in [3.8, 4) is 0 Å². The van der Waals surface area contributed by atoms with Crippen LogP contribution in [0, 0.1) is 6.92 Å². The Kier molecular flexibility index (Phi) is 5.78. The molecule has 0 atom stereocenters. The highest BCUT2D eigenvalue weighted by Gasteiger charge is 2.23. The summed E-state index contributed by atoms with van der Waals surface area (Å²) in [6.07, 6.45) is 2.48. The van der Waals surface area contributed by atoms with Crippen LogP contribution in [-0.4, -0.2) is 29.6 Å². The van der Waals surface area contributed by atoms with Gasteiger partial charge < -0.3 is 9.47 Å². The summed E-state index contributed by atoms with van der Waals surface area (Å²) in [5.41, 5.74) is 2.81. The van der Waals surface area contributed by atoms with Gasteiger partial charge in [0.25, 0.3) is 0 Å². The molecule has 0 aliphatic carbocycles. The minimum absolute atomic E-state index is 0. The van der Waals surface area contributed by atoms with E-state index in [9.17, 15) is 0 Å². The fraction of sp³-hybridized carbons (Fsp3) is 0.333. The first-order valence-corrected chi connectivity index (χ1v) is 9.56. The summed E-state index contributed by atoms with van der Waals surface area (Å²) in [6.45, 7) is 4.68. The molecule has 25 heavy (non-hydrogen) atoms. The number of fused-ring (bicyclic) bond motifs is 1. The van der Waals surface area contributed by atoms with E-state index in [1.165, 1.54) is 52.3 Å². The number of nitrogens with zero attached hydrogens (tertiary/aromatic N) is 2. The summed E-state index contributed by atoms with van der Waals surface area (Å²) in [5, 5.41) is 1.39. The number of para-hydroxylation sites is 1. The standard InChI is InChI=1S/C21H24N2S.ClH/c1-16-21(24-18-8-4-3-5-9-18)19-10-6-7-11-20(19)23(16)17-12-14-22(2)15-13-17;/h3-11,17H,12-15H2,1-2H3;1H. The van der Waals surface area contributed by atoms with Crippen molar-refractivity contribution in [1.29, 1.82) is 0 Å². The van der Waals surface area contributed by atoms with E-state index in [4.69, 9.17) is 0 Å². The van der Waals surface area contributed by atoms with Gasteiger partial charge in [0.15, 0.2) is 0 Å². The van der Waals surface area contributed by atoms with Gasteiger partial charge in [-0.15, -0.1) is 12.4 Å². The largest absolute Gasteiger partial charge is 0.341 e. The van der Waals surface area contributed by atoms with Crippen molar-refractivity contribution < 1.29 is 0 Å². The molecule has 2 aromatic carbocycles. The summed E-state index contributed by atoms with van der Waals surface area (Å²) >= 11 is 1.90. The summed E-state index contributed by atoms with van der Waals surface area (Å²) in [4.78, 5) is 5.17. The summed E-state index contributed by atoms with van der Waals surface area (Å²) in [5.74, 6) is 0.